The van der Waals surface area contributed by atoms with Crippen molar-refractivity contribution in [3.63, 3.8) is 0 Å². The first kappa shape index (κ1) is 16.1. The van der Waals surface area contributed by atoms with Crippen molar-refractivity contribution >= 4 is 26.5 Å². The van der Waals surface area contributed by atoms with Crippen LogP contribution in [0.3, 0.4) is 0 Å². The maximum atomic E-state index is 2.54. The average Bonchev–Trinajstić information content (AvgIpc) is 2.83. The molecular formula is C16H28Ge2Ti-2. The standard InChI is InChI=1S/2C8H13Ge.Ti.2H/c2*1-9(2,3)8-6-4-5-7-8;;;/h2*4,6H,5H2,1-3H3;;;/q;;;2*-1. The molecule has 0 nitrogen and oxygen atoms in total. The maximum absolute atomic E-state index is 2.54. The second kappa shape index (κ2) is 5.87. The molecule has 0 aliphatic heterocycles. The number of hydrogen-bond acceptors (Lipinski definition) is 0. The molecule has 106 valence electrons. The van der Waals surface area contributed by atoms with E-state index in [9.17, 15) is 0 Å². The Morgan fingerprint density at radius 1 is 0.789 bits per heavy atom. The SMILES string of the molecule is [CH3][Ge]([CH3])([CH3])[C]1=[C]([Ti][C]2=[C]([Ge]([CH3])([CH3])[CH3])C=CC2)CC=C1.[H-].[H-]. The van der Waals surface area contributed by atoms with Crippen molar-refractivity contribution in [2.75, 3.05) is 0 Å². The topological polar surface area (TPSA) is 0 Å². The van der Waals surface area contributed by atoms with Gasteiger partial charge in [0.15, 0.2) is 0 Å². The van der Waals surface area contributed by atoms with E-state index in [1.807, 2.05) is 16.6 Å². The molecule has 0 aromatic carbocycles. The summed E-state index contributed by atoms with van der Waals surface area (Å²) in [7, 11) is 0. The molecule has 2 rings (SSSR count). The Morgan fingerprint density at radius 2 is 1.16 bits per heavy atom. The van der Waals surface area contributed by atoms with Gasteiger partial charge in [0.25, 0.3) is 0 Å². The van der Waals surface area contributed by atoms with E-state index in [0.29, 0.717) is 0 Å². The van der Waals surface area contributed by atoms with Crippen molar-refractivity contribution in [2.45, 2.75) is 47.4 Å². The molecule has 2 aliphatic carbocycles. The van der Waals surface area contributed by atoms with Gasteiger partial charge in [-0.1, -0.05) is 0 Å². The molecular weight excluding hydrogens is 385 g/mol. The Bertz CT molecular complexity index is 457. The zero-order valence-corrected chi connectivity index (χ0v) is 19.0. The van der Waals surface area contributed by atoms with Crippen LogP contribution in [0, 0.1) is 0 Å². The van der Waals surface area contributed by atoms with E-state index in [0.717, 1.165) is 0 Å². The first-order valence-corrected chi connectivity index (χ1v) is 23.5. The van der Waals surface area contributed by atoms with E-state index in [1.54, 1.807) is 0 Å². The Labute approximate surface area is 136 Å². The predicted octanol–water partition coefficient (Wildman–Crippen LogP) is 5.48. The molecule has 3 heteroatoms. The summed E-state index contributed by atoms with van der Waals surface area (Å²) in [5, 5.41) is 0. The van der Waals surface area contributed by atoms with Crippen molar-refractivity contribution in [2.24, 2.45) is 0 Å². The molecule has 0 unspecified atom stereocenters. The molecule has 0 N–H and O–H groups in total. The van der Waals surface area contributed by atoms with Crippen LogP contribution < -0.4 is 0 Å². The summed E-state index contributed by atoms with van der Waals surface area (Å²) in [4.78, 5) is 0. The summed E-state index contributed by atoms with van der Waals surface area (Å²) in [6.45, 7) is 0. The molecule has 0 amide bonds. The van der Waals surface area contributed by atoms with Crippen LogP contribution in [0.1, 0.15) is 15.7 Å². The summed E-state index contributed by atoms with van der Waals surface area (Å²) < 4.78 is 7.38. The van der Waals surface area contributed by atoms with Gasteiger partial charge in [0, 0.05) is 0 Å². The zero-order valence-electron chi connectivity index (χ0n) is 15.2. The molecule has 0 spiro atoms. The summed E-state index contributed by atoms with van der Waals surface area (Å²) in [5.74, 6) is 15.3. The fraction of sp³-hybridized carbons (Fsp3) is 0.500. The summed E-state index contributed by atoms with van der Waals surface area (Å²) in [6.07, 6.45) is 12.3. The van der Waals surface area contributed by atoms with E-state index in [-0.39, 0.29) is 22.0 Å². The largest absolute Gasteiger partial charge is 1.00 e. The molecule has 0 aromatic heterocycles. The van der Waals surface area contributed by atoms with Gasteiger partial charge in [-0.05, 0) is 0 Å². The van der Waals surface area contributed by atoms with Crippen molar-refractivity contribution < 1.29 is 22.0 Å². The number of hydrogen-bond donors (Lipinski definition) is 0. The Morgan fingerprint density at radius 3 is 1.47 bits per heavy atom. The molecule has 19 heavy (non-hydrogen) atoms. The second-order valence-electron chi connectivity index (χ2n) is 7.62. The van der Waals surface area contributed by atoms with Gasteiger partial charge in [0.05, 0.1) is 0 Å². The molecule has 0 heterocycles. The van der Waals surface area contributed by atoms with Crippen LogP contribution in [0.5, 0.6) is 0 Å². The minimum atomic E-state index is -1.64. The molecule has 0 radical (unpaired) electrons. The van der Waals surface area contributed by atoms with Gasteiger partial charge in [-0.2, -0.15) is 0 Å². The van der Waals surface area contributed by atoms with Crippen molar-refractivity contribution in [3.05, 3.63) is 40.9 Å². The zero-order chi connectivity index (χ0) is 14.3. The minimum absolute atomic E-state index is 0. The first-order valence-electron chi connectivity index (χ1n) is 7.27. The Balaban J connectivity index is 0.00000200. The van der Waals surface area contributed by atoms with Crippen LogP contribution in [0.15, 0.2) is 40.9 Å². The van der Waals surface area contributed by atoms with Crippen LogP contribution in [-0.4, -0.2) is 26.5 Å². The molecule has 0 saturated heterocycles. The van der Waals surface area contributed by atoms with E-state index in [1.165, 1.54) is 12.8 Å². The molecule has 0 atom stereocenters. The van der Waals surface area contributed by atoms with Crippen LogP contribution in [-0.2, 0) is 19.2 Å². The number of rotatable bonds is 4. The van der Waals surface area contributed by atoms with E-state index < -0.39 is 26.5 Å². The van der Waals surface area contributed by atoms with Gasteiger partial charge in [0.1, 0.15) is 0 Å². The van der Waals surface area contributed by atoms with Crippen LogP contribution >= 0.6 is 0 Å². The average molecular weight is 413 g/mol. The van der Waals surface area contributed by atoms with E-state index in [4.69, 9.17) is 0 Å². The van der Waals surface area contributed by atoms with Crippen molar-refractivity contribution in [3.8, 4) is 0 Å². The van der Waals surface area contributed by atoms with Crippen LogP contribution in [0.25, 0.3) is 0 Å². The first-order chi connectivity index (χ1) is 8.69. The predicted molar refractivity (Wildman–Crippen MR) is 90.5 cm³/mol. The molecule has 2 aliphatic rings. The number of allylic oxidation sites excluding steroid dienone is 8. The normalized spacial score (nSPS) is 19.9. The van der Waals surface area contributed by atoms with E-state index >= 15 is 0 Å². The molecule has 0 bridgehead atoms. The van der Waals surface area contributed by atoms with Gasteiger partial charge < -0.3 is 2.85 Å². The quantitative estimate of drug-likeness (QED) is 0.536. The second-order valence-corrected chi connectivity index (χ2v) is 31.0. The third-order valence-electron chi connectivity index (χ3n) is 3.78. The summed E-state index contributed by atoms with van der Waals surface area (Å²) in [5.41, 5.74) is 0. The van der Waals surface area contributed by atoms with Gasteiger partial charge in [-0.25, -0.2) is 0 Å². The third-order valence-corrected chi connectivity index (χ3v) is 16.6. The monoisotopic (exact) mass is 416 g/mol. The Kier molecular flexibility index (Phi) is 4.98. The van der Waals surface area contributed by atoms with Crippen LogP contribution in [0.4, 0.5) is 0 Å². The smallest absolute Gasteiger partial charge is 1.00 e. The van der Waals surface area contributed by atoms with Crippen LogP contribution in [0.2, 0.25) is 34.5 Å². The van der Waals surface area contributed by atoms with Gasteiger partial charge in [0.2, 0.25) is 0 Å². The fourth-order valence-electron chi connectivity index (χ4n) is 2.83. The summed E-state index contributed by atoms with van der Waals surface area (Å²) in [6, 6.07) is 0. The Hall–Kier alpha value is 0.760. The van der Waals surface area contributed by atoms with Crippen molar-refractivity contribution in [1.82, 2.24) is 0 Å². The van der Waals surface area contributed by atoms with E-state index in [2.05, 4.69) is 58.8 Å². The molecule has 0 fully saturated rings. The molecule has 0 saturated carbocycles. The fourth-order valence-corrected chi connectivity index (χ4v) is 18.8. The van der Waals surface area contributed by atoms with Gasteiger partial charge in [-0.15, -0.1) is 0 Å². The van der Waals surface area contributed by atoms with Crippen molar-refractivity contribution in [1.29, 1.82) is 0 Å². The molecule has 0 aromatic rings. The van der Waals surface area contributed by atoms with Gasteiger partial charge in [-0.3, -0.25) is 0 Å². The maximum Gasteiger partial charge on any atom is -1.00 e. The third kappa shape index (κ3) is 3.90. The van der Waals surface area contributed by atoms with Gasteiger partial charge >= 0.3 is 134 Å². The summed E-state index contributed by atoms with van der Waals surface area (Å²) >= 11 is -3.30. The minimum Gasteiger partial charge on any atom is -1.00 e.